The molecule has 0 spiro atoms. The first-order valence-electron chi connectivity index (χ1n) is 4.06. The van der Waals surface area contributed by atoms with E-state index in [-0.39, 0.29) is 11.8 Å². The van der Waals surface area contributed by atoms with Crippen LogP contribution in [0.15, 0.2) is 12.3 Å². The van der Waals surface area contributed by atoms with E-state index in [0.717, 1.165) is 18.7 Å². The third kappa shape index (κ3) is 1.32. The number of aryl methyl sites for hydroxylation is 1. The molecular weight excluding hydrogens is 154 g/mol. The van der Waals surface area contributed by atoms with Gasteiger partial charge in [0.1, 0.15) is 5.82 Å². The Morgan fingerprint density at radius 2 is 2.50 bits per heavy atom. The second kappa shape index (κ2) is 2.62. The maximum atomic E-state index is 11.3. The smallest absolute Gasteiger partial charge is 0.228 e. The van der Waals surface area contributed by atoms with E-state index in [2.05, 4.69) is 10.4 Å². The third-order valence-electron chi connectivity index (χ3n) is 2.02. The summed E-state index contributed by atoms with van der Waals surface area (Å²) >= 11 is 0. The predicted octanol–water partition coefficient (Wildman–Crippen LogP) is 0.769. The first-order chi connectivity index (χ1) is 5.77. The topological polar surface area (TPSA) is 46.9 Å². The fourth-order valence-electron chi connectivity index (χ4n) is 1.07. The van der Waals surface area contributed by atoms with Gasteiger partial charge in [-0.2, -0.15) is 5.10 Å². The van der Waals surface area contributed by atoms with E-state index < -0.39 is 0 Å². The van der Waals surface area contributed by atoms with Crippen LogP contribution in [0.25, 0.3) is 0 Å². The molecule has 1 aromatic heterocycles. The Labute approximate surface area is 70.6 Å². The Bertz CT molecular complexity index is 301. The lowest BCUT2D eigenvalue weighted by Crippen LogP contribution is -2.15. The molecule has 12 heavy (non-hydrogen) atoms. The zero-order valence-corrected chi connectivity index (χ0v) is 6.95. The molecule has 64 valence electrons. The van der Waals surface area contributed by atoms with Crippen molar-refractivity contribution in [2.45, 2.75) is 12.8 Å². The minimum absolute atomic E-state index is 0.124. The van der Waals surface area contributed by atoms with Crippen molar-refractivity contribution in [3.05, 3.63) is 12.3 Å². The fraction of sp³-hybridized carbons (Fsp3) is 0.500. The molecule has 1 fully saturated rings. The van der Waals surface area contributed by atoms with Crippen molar-refractivity contribution in [3.63, 3.8) is 0 Å². The summed E-state index contributed by atoms with van der Waals surface area (Å²) in [6.45, 7) is 0. The second-order valence-corrected chi connectivity index (χ2v) is 3.10. The van der Waals surface area contributed by atoms with Crippen molar-refractivity contribution in [2.75, 3.05) is 5.32 Å². The standard InChI is InChI=1S/C8H11N3O/c1-11-7(4-5-9-11)10-8(12)6-2-3-6/h4-6H,2-3H2,1H3,(H,10,12). The lowest BCUT2D eigenvalue weighted by molar-refractivity contribution is -0.117. The van der Waals surface area contributed by atoms with Crippen LogP contribution in [0.1, 0.15) is 12.8 Å². The number of carbonyl (C=O) groups excluding carboxylic acids is 1. The number of amides is 1. The van der Waals surface area contributed by atoms with Gasteiger partial charge < -0.3 is 5.32 Å². The highest BCUT2D eigenvalue weighted by Crippen LogP contribution is 2.29. The van der Waals surface area contributed by atoms with Crippen molar-refractivity contribution in [1.82, 2.24) is 9.78 Å². The van der Waals surface area contributed by atoms with Gasteiger partial charge in [-0.05, 0) is 12.8 Å². The molecule has 2 rings (SSSR count). The molecule has 0 aromatic carbocycles. The Morgan fingerprint density at radius 1 is 1.75 bits per heavy atom. The van der Waals surface area contributed by atoms with Gasteiger partial charge in [-0.3, -0.25) is 9.48 Å². The molecule has 1 aromatic rings. The molecule has 1 saturated carbocycles. The molecular formula is C8H11N3O. The summed E-state index contributed by atoms with van der Waals surface area (Å²) < 4.78 is 1.65. The van der Waals surface area contributed by atoms with Crippen LogP contribution in [0.5, 0.6) is 0 Å². The number of hydrogen-bond acceptors (Lipinski definition) is 2. The Balaban J connectivity index is 2.02. The molecule has 1 amide bonds. The van der Waals surface area contributed by atoms with Gasteiger partial charge in [0, 0.05) is 19.0 Å². The van der Waals surface area contributed by atoms with Crippen molar-refractivity contribution in [2.24, 2.45) is 13.0 Å². The molecule has 1 aliphatic carbocycles. The molecule has 0 saturated heterocycles. The minimum Gasteiger partial charge on any atom is -0.311 e. The van der Waals surface area contributed by atoms with Crippen LogP contribution in [0.4, 0.5) is 5.82 Å². The first kappa shape index (κ1) is 7.34. The Morgan fingerprint density at radius 3 is 3.00 bits per heavy atom. The van der Waals surface area contributed by atoms with Gasteiger partial charge in [-0.25, -0.2) is 0 Å². The summed E-state index contributed by atoms with van der Waals surface area (Å²) in [5, 5.41) is 6.77. The van der Waals surface area contributed by atoms with Crippen molar-refractivity contribution in [3.8, 4) is 0 Å². The number of anilines is 1. The first-order valence-corrected chi connectivity index (χ1v) is 4.06. The van der Waals surface area contributed by atoms with E-state index in [4.69, 9.17) is 0 Å². The van der Waals surface area contributed by atoms with Crippen LogP contribution in [0.2, 0.25) is 0 Å². The van der Waals surface area contributed by atoms with E-state index in [1.165, 1.54) is 0 Å². The molecule has 0 aliphatic heterocycles. The van der Waals surface area contributed by atoms with E-state index in [9.17, 15) is 4.79 Å². The van der Waals surface area contributed by atoms with Crippen LogP contribution < -0.4 is 5.32 Å². The van der Waals surface area contributed by atoms with E-state index >= 15 is 0 Å². The molecule has 4 heteroatoms. The SMILES string of the molecule is Cn1nccc1NC(=O)C1CC1. The van der Waals surface area contributed by atoms with Gasteiger partial charge in [0.25, 0.3) is 0 Å². The lowest BCUT2D eigenvalue weighted by Gasteiger charge is -2.02. The van der Waals surface area contributed by atoms with E-state index in [0.29, 0.717) is 0 Å². The van der Waals surface area contributed by atoms with Gasteiger partial charge in [0.05, 0.1) is 6.20 Å². The van der Waals surface area contributed by atoms with Crippen LogP contribution >= 0.6 is 0 Å². The number of nitrogens with one attached hydrogen (secondary N) is 1. The Kier molecular flexibility index (Phi) is 1.60. The van der Waals surface area contributed by atoms with E-state index in [1.54, 1.807) is 16.9 Å². The quantitative estimate of drug-likeness (QED) is 0.703. The number of aromatic nitrogens is 2. The van der Waals surface area contributed by atoms with Crippen molar-refractivity contribution >= 4 is 11.7 Å². The normalized spacial score (nSPS) is 16.1. The lowest BCUT2D eigenvalue weighted by atomic mass is 10.4. The third-order valence-corrected chi connectivity index (χ3v) is 2.02. The maximum Gasteiger partial charge on any atom is 0.228 e. The fourth-order valence-corrected chi connectivity index (χ4v) is 1.07. The number of rotatable bonds is 2. The average Bonchev–Trinajstić information content (AvgIpc) is 2.80. The molecule has 0 bridgehead atoms. The van der Waals surface area contributed by atoms with Crippen molar-refractivity contribution in [1.29, 1.82) is 0 Å². The second-order valence-electron chi connectivity index (χ2n) is 3.10. The summed E-state index contributed by atoms with van der Waals surface area (Å²) in [4.78, 5) is 11.3. The highest BCUT2D eigenvalue weighted by atomic mass is 16.2. The highest BCUT2D eigenvalue weighted by Gasteiger charge is 2.29. The van der Waals surface area contributed by atoms with Gasteiger partial charge >= 0.3 is 0 Å². The zero-order chi connectivity index (χ0) is 8.55. The maximum absolute atomic E-state index is 11.3. The van der Waals surface area contributed by atoms with Crippen LogP contribution in [0, 0.1) is 5.92 Å². The average molecular weight is 165 g/mol. The Hall–Kier alpha value is -1.32. The highest BCUT2D eigenvalue weighted by molar-refractivity contribution is 5.93. The van der Waals surface area contributed by atoms with Gasteiger partial charge in [0.2, 0.25) is 5.91 Å². The number of carbonyl (C=O) groups is 1. The van der Waals surface area contributed by atoms with Gasteiger partial charge in [-0.1, -0.05) is 0 Å². The molecule has 1 aliphatic rings. The molecule has 0 unspecified atom stereocenters. The van der Waals surface area contributed by atoms with E-state index in [1.807, 2.05) is 7.05 Å². The molecule has 0 radical (unpaired) electrons. The molecule has 1 heterocycles. The van der Waals surface area contributed by atoms with Crippen LogP contribution in [0.3, 0.4) is 0 Å². The minimum atomic E-state index is 0.124. The number of hydrogen-bond donors (Lipinski definition) is 1. The summed E-state index contributed by atoms with van der Waals surface area (Å²) in [6, 6.07) is 1.79. The van der Waals surface area contributed by atoms with Crippen LogP contribution in [-0.4, -0.2) is 15.7 Å². The monoisotopic (exact) mass is 165 g/mol. The molecule has 4 nitrogen and oxygen atoms in total. The summed E-state index contributed by atoms with van der Waals surface area (Å²) in [6.07, 6.45) is 3.73. The summed E-state index contributed by atoms with van der Waals surface area (Å²) in [5.41, 5.74) is 0. The zero-order valence-electron chi connectivity index (χ0n) is 6.95. The van der Waals surface area contributed by atoms with Crippen molar-refractivity contribution < 1.29 is 4.79 Å². The van der Waals surface area contributed by atoms with Gasteiger partial charge in [0.15, 0.2) is 0 Å². The molecule has 1 N–H and O–H groups in total. The summed E-state index contributed by atoms with van der Waals surface area (Å²) in [7, 11) is 1.81. The number of nitrogens with zero attached hydrogens (tertiary/aromatic N) is 2. The van der Waals surface area contributed by atoms with Crippen LogP contribution in [-0.2, 0) is 11.8 Å². The molecule has 0 atom stereocenters. The predicted molar refractivity (Wildman–Crippen MR) is 44.6 cm³/mol. The van der Waals surface area contributed by atoms with Gasteiger partial charge in [-0.15, -0.1) is 0 Å². The largest absolute Gasteiger partial charge is 0.311 e. The summed E-state index contributed by atoms with van der Waals surface area (Å²) in [5.74, 6) is 1.14.